The first kappa shape index (κ1) is 21.2. The number of rotatable bonds is 12. The van der Waals surface area contributed by atoms with Gasteiger partial charge in [-0.15, -0.1) is 0 Å². The standard InChI is InChI=1S/C25H34O2/c1-4-5-6-8-22(18-24-11-10-20(2)21(3)17-24)9-7-16-27-25-14-12-23(19-26)13-15-25/h10-15,17,19,22H,4-9,16,18H2,1-3H3/t22-/m0/s1. The first-order chi connectivity index (χ1) is 13.1. The molecule has 0 fully saturated rings. The van der Waals surface area contributed by atoms with Gasteiger partial charge < -0.3 is 4.74 Å². The third kappa shape index (κ3) is 7.58. The van der Waals surface area contributed by atoms with E-state index in [1.54, 1.807) is 12.1 Å². The molecule has 2 aromatic carbocycles. The van der Waals surface area contributed by atoms with Crippen LogP contribution >= 0.6 is 0 Å². The molecular weight excluding hydrogens is 332 g/mol. The molecule has 0 amide bonds. The fourth-order valence-electron chi connectivity index (χ4n) is 3.50. The van der Waals surface area contributed by atoms with Crippen molar-refractivity contribution in [3.05, 3.63) is 64.7 Å². The van der Waals surface area contributed by atoms with Crippen molar-refractivity contribution < 1.29 is 9.53 Å². The average molecular weight is 367 g/mol. The monoisotopic (exact) mass is 366 g/mol. The first-order valence-electron chi connectivity index (χ1n) is 10.4. The first-order valence-corrected chi connectivity index (χ1v) is 10.4. The van der Waals surface area contributed by atoms with E-state index in [-0.39, 0.29) is 0 Å². The van der Waals surface area contributed by atoms with E-state index in [2.05, 4.69) is 39.0 Å². The Labute approximate surface area is 165 Å². The van der Waals surface area contributed by atoms with Crippen molar-refractivity contribution in [1.29, 1.82) is 0 Å². The second-order valence-electron chi connectivity index (χ2n) is 7.66. The van der Waals surface area contributed by atoms with Gasteiger partial charge in [-0.25, -0.2) is 0 Å². The zero-order valence-corrected chi connectivity index (χ0v) is 17.2. The minimum atomic E-state index is 0.687. The molecule has 0 unspecified atom stereocenters. The van der Waals surface area contributed by atoms with Crippen molar-refractivity contribution in [1.82, 2.24) is 0 Å². The molecule has 0 aliphatic heterocycles. The second kappa shape index (κ2) is 11.6. The Morgan fingerprint density at radius 1 is 0.926 bits per heavy atom. The highest BCUT2D eigenvalue weighted by Crippen LogP contribution is 2.23. The van der Waals surface area contributed by atoms with Gasteiger partial charge in [0.15, 0.2) is 0 Å². The van der Waals surface area contributed by atoms with Crippen LogP contribution in [0, 0.1) is 19.8 Å². The summed E-state index contributed by atoms with van der Waals surface area (Å²) in [6.45, 7) is 7.38. The Morgan fingerprint density at radius 2 is 1.67 bits per heavy atom. The molecule has 2 aromatic rings. The van der Waals surface area contributed by atoms with Crippen LogP contribution in [-0.2, 0) is 6.42 Å². The minimum absolute atomic E-state index is 0.687. The molecule has 0 heterocycles. The Hall–Kier alpha value is -2.09. The lowest BCUT2D eigenvalue weighted by atomic mass is 9.89. The van der Waals surface area contributed by atoms with Gasteiger partial charge >= 0.3 is 0 Å². The van der Waals surface area contributed by atoms with Gasteiger partial charge in [-0.1, -0.05) is 50.8 Å². The molecule has 0 radical (unpaired) electrons. The van der Waals surface area contributed by atoms with Crippen molar-refractivity contribution >= 4 is 6.29 Å². The predicted molar refractivity (Wildman–Crippen MR) is 114 cm³/mol. The van der Waals surface area contributed by atoms with Crippen LogP contribution in [-0.4, -0.2) is 12.9 Å². The van der Waals surface area contributed by atoms with E-state index < -0.39 is 0 Å². The van der Waals surface area contributed by atoms with Gasteiger partial charge in [0.25, 0.3) is 0 Å². The number of hydrogen-bond donors (Lipinski definition) is 0. The van der Waals surface area contributed by atoms with Gasteiger partial charge in [0.1, 0.15) is 12.0 Å². The largest absolute Gasteiger partial charge is 0.494 e. The van der Waals surface area contributed by atoms with E-state index in [9.17, 15) is 4.79 Å². The van der Waals surface area contributed by atoms with Gasteiger partial charge in [-0.3, -0.25) is 4.79 Å². The normalized spacial score (nSPS) is 12.0. The van der Waals surface area contributed by atoms with Gasteiger partial charge in [0.2, 0.25) is 0 Å². The lowest BCUT2D eigenvalue weighted by molar-refractivity contribution is 0.112. The molecule has 2 heteroatoms. The molecule has 0 aromatic heterocycles. The van der Waals surface area contributed by atoms with E-state index in [4.69, 9.17) is 4.74 Å². The molecule has 0 saturated heterocycles. The van der Waals surface area contributed by atoms with Crippen molar-refractivity contribution in [3.8, 4) is 5.75 Å². The smallest absolute Gasteiger partial charge is 0.150 e. The molecule has 1 atom stereocenters. The lowest BCUT2D eigenvalue weighted by Crippen LogP contribution is -2.08. The van der Waals surface area contributed by atoms with E-state index in [0.717, 1.165) is 31.0 Å². The van der Waals surface area contributed by atoms with Crippen molar-refractivity contribution in [3.63, 3.8) is 0 Å². The molecular formula is C25H34O2. The summed E-state index contributed by atoms with van der Waals surface area (Å²) >= 11 is 0. The van der Waals surface area contributed by atoms with Crippen molar-refractivity contribution in [2.45, 2.75) is 65.7 Å². The Kier molecular flexibility index (Phi) is 9.10. The zero-order valence-electron chi connectivity index (χ0n) is 17.2. The highest BCUT2D eigenvalue weighted by molar-refractivity contribution is 5.74. The Balaban J connectivity index is 1.83. The topological polar surface area (TPSA) is 26.3 Å². The number of carbonyl (C=O) groups excluding carboxylic acids is 1. The summed E-state index contributed by atoms with van der Waals surface area (Å²) in [6.07, 6.45) is 9.50. The average Bonchev–Trinajstić information content (AvgIpc) is 2.68. The number of ether oxygens (including phenoxy) is 1. The lowest BCUT2D eigenvalue weighted by Gasteiger charge is -2.18. The number of unbranched alkanes of at least 4 members (excludes halogenated alkanes) is 2. The molecule has 0 aliphatic carbocycles. The maximum atomic E-state index is 10.7. The summed E-state index contributed by atoms with van der Waals surface area (Å²) in [5.74, 6) is 1.57. The van der Waals surface area contributed by atoms with Crippen LogP contribution in [0.25, 0.3) is 0 Å². The molecule has 0 bridgehead atoms. The summed E-state index contributed by atoms with van der Waals surface area (Å²) in [5.41, 5.74) is 4.91. The number of aldehydes is 1. The number of hydrogen-bond acceptors (Lipinski definition) is 2. The molecule has 0 saturated carbocycles. The van der Waals surface area contributed by atoms with E-state index in [1.807, 2.05) is 12.1 Å². The van der Waals surface area contributed by atoms with Gasteiger partial charge in [-0.05, 0) is 80.0 Å². The third-order valence-electron chi connectivity index (χ3n) is 5.35. The van der Waals surface area contributed by atoms with Gasteiger partial charge in [-0.2, -0.15) is 0 Å². The van der Waals surface area contributed by atoms with Crippen LogP contribution in [0.1, 0.15) is 72.5 Å². The maximum Gasteiger partial charge on any atom is 0.150 e. The van der Waals surface area contributed by atoms with E-state index in [1.165, 1.54) is 55.2 Å². The Bertz CT molecular complexity index is 688. The molecule has 0 N–H and O–H groups in total. The summed E-state index contributed by atoms with van der Waals surface area (Å²) in [5, 5.41) is 0. The van der Waals surface area contributed by atoms with Crippen LogP contribution < -0.4 is 4.74 Å². The molecule has 2 nitrogen and oxygen atoms in total. The second-order valence-corrected chi connectivity index (χ2v) is 7.66. The van der Waals surface area contributed by atoms with Crippen LogP contribution in [0.3, 0.4) is 0 Å². The molecule has 2 rings (SSSR count). The van der Waals surface area contributed by atoms with Crippen LogP contribution in [0.5, 0.6) is 5.75 Å². The fourth-order valence-corrected chi connectivity index (χ4v) is 3.50. The molecule has 0 spiro atoms. The van der Waals surface area contributed by atoms with Crippen LogP contribution in [0.2, 0.25) is 0 Å². The van der Waals surface area contributed by atoms with Gasteiger partial charge in [0.05, 0.1) is 6.61 Å². The van der Waals surface area contributed by atoms with Crippen molar-refractivity contribution in [2.75, 3.05) is 6.61 Å². The van der Waals surface area contributed by atoms with Crippen LogP contribution in [0.15, 0.2) is 42.5 Å². The fraction of sp³-hybridized carbons (Fsp3) is 0.480. The minimum Gasteiger partial charge on any atom is -0.494 e. The zero-order chi connectivity index (χ0) is 19.5. The van der Waals surface area contributed by atoms with E-state index in [0.29, 0.717) is 5.56 Å². The summed E-state index contributed by atoms with van der Waals surface area (Å²) in [4.78, 5) is 10.7. The van der Waals surface area contributed by atoms with E-state index >= 15 is 0 Å². The third-order valence-corrected chi connectivity index (χ3v) is 5.35. The van der Waals surface area contributed by atoms with Gasteiger partial charge in [0, 0.05) is 5.56 Å². The molecule has 27 heavy (non-hydrogen) atoms. The predicted octanol–water partition coefficient (Wildman–Crippen LogP) is 6.71. The summed E-state index contributed by atoms with van der Waals surface area (Å²) in [7, 11) is 0. The molecule has 146 valence electrons. The number of carbonyl (C=O) groups is 1. The number of benzene rings is 2. The summed E-state index contributed by atoms with van der Waals surface area (Å²) < 4.78 is 5.85. The summed E-state index contributed by atoms with van der Waals surface area (Å²) in [6, 6.07) is 14.2. The molecule has 0 aliphatic rings. The SMILES string of the molecule is CCCCC[C@@H](CCCOc1ccc(C=O)cc1)Cc1ccc(C)c(C)c1. The number of aryl methyl sites for hydroxylation is 2. The Morgan fingerprint density at radius 3 is 2.33 bits per heavy atom. The maximum absolute atomic E-state index is 10.7. The van der Waals surface area contributed by atoms with Crippen molar-refractivity contribution in [2.24, 2.45) is 5.92 Å². The highest BCUT2D eigenvalue weighted by atomic mass is 16.5. The highest BCUT2D eigenvalue weighted by Gasteiger charge is 2.11. The quantitative estimate of drug-likeness (QED) is 0.308. The van der Waals surface area contributed by atoms with Crippen LogP contribution in [0.4, 0.5) is 0 Å².